The summed E-state index contributed by atoms with van der Waals surface area (Å²) in [4.78, 5) is 12.6. The Morgan fingerprint density at radius 2 is 1.96 bits per heavy atom. The summed E-state index contributed by atoms with van der Waals surface area (Å²) in [6.07, 6.45) is 1.70. The van der Waals surface area contributed by atoms with Gasteiger partial charge in [0.05, 0.1) is 6.10 Å². The van der Waals surface area contributed by atoms with Crippen LogP contribution in [0.4, 0.5) is 0 Å². The van der Waals surface area contributed by atoms with Crippen molar-refractivity contribution in [3.05, 3.63) is 65.2 Å². The number of fused-ring (bicyclic) bond motifs is 1. The standard InChI is InChI=1S/C20H22O3/c1-14(21)12-16-10-11-17-18(20(16)22)8-5-9-19(17)23-13-15-6-3-2-4-7-15/h2-9,14,16,21H,10-13H2,1H3/t14-,16?/m1/s1. The Balaban J connectivity index is 1.77. The molecule has 0 spiro atoms. The first-order valence-corrected chi connectivity index (χ1v) is 8.16. The van der Waals surface area contributed by atoms with E-state index < -0.39 is 6.10 Å². The molecule has 0 aromatic heterocycles. The molecule has 1 unspecified atom stereocenters. The molecule has 2 aromatic carbocycles. The number of rotatable bonds is 5. The molecule has 3 nitrogen and oxygen atoms in total. The van der Waals surface area contributed by atoms with E-state index in [4.69, 9.17) is 4.74 Å². The van der Waals surface area contributed by atoms with Crippen molar-refractivity contribution in [3.8, 4) is 5.75 Å². The third-order valence-electron chi connectivity index (χ3n) is 4.37. The summed E-state index contributed by atoms with van der Waals surface area (Å²) in [7, 11) is 0. The minimum Gasteiger partial charge on any atom is -0.489 e. The number of benzene rings is 2. The maximum absolute atomic E-state index is 12.6. The van der Waals surface area contributed by atoms with E-state index in [0.717, 1.165) is 35.3 Å². The molecular weight excluding hydrogens is 288 g/mol. The molecular formula is C20H22O3. The molecule has 3 heteroatoms. The second kappa shape index (κ2) is 6.97. The maximum atomic E-state index is 12.6. The van der Waals surface area contributed by atoms with Gasteiger partial charge in [0.1, 0.15) is 12.4 Å². The molecule has 1 aliphatic rings. The molecule has 0 saturated heterocycles. The highest BCUT2D eigenvalue weighted by Crippen LogP contribution is 2.34. The smallest absolute Gasteiger partial charge is 0.166 e. The normalized spacial score (nSPS) is 18.3. The summed E-state index contributed by atoms with van der Waals surface area (Å²) >= 11 is 0. The molecule has 0 bridgehead atoms. The SMILES string of the molecule is C[C@@H](O)CC1CCc2c(OCc3ccccc3)cccc2C1=O. The number of ketones is 1. The first-order valence-electron chi connectivity index (χ1n) is 8.16. The van der Waals surface area contributed by atoms with E-state index in [0.29, 0.717) is 13.0 Å². The Morgan fingerprint density at radius 1 is 1.17 bits per heavy atom. The monoisotopic (exact) mass is 310 g/mol. The highest BCUT2D eigenvalue weighted by Gasteiger charge is 2.29. The van der Waals surface area contributed by atoms with Gasteiger partial charge in [-0.3, -0.25) is 4.79 Å². The van der Waals surface area contributed by atoms with E-state index in [2.05, 4.69) is 0 Å². The average Bonchev–Trinajstić information content (AvgIpc) is 2.56. The fourth-order valence-corrected chi connectivity index (χ4v) is 3.23. The van der Waals surface area contributed by atoms with E-state index in [1.807, 2.05) is 48.5 Å². The highest BCUT2D eigenvalue weighted by molar-refractivity contribution is 6.00. The van der Waals surface area contributed by atoms with Gasteiger partial charge in [0, 0.05) is 17.0 Å². The van der Waals surface area contributed by atoms with Crippen LogP contribution in [-0.2, 0) is 13.0 Å². The van der Waals surface area contributed by atoms with Gasteiger partial charge in [-0.25, -0.2) is 0 Å². The number of hydrogen-bond donors (Lipinski definition) is 1. The number of aliphatic hydroxyl groups excluding tert-OH is 1. The third kappa shape index (κ3) is 3.62. The van der Waals surface area contributed by atoms with Crippen LogP contribution < -0.4 is 4.74 Å². The molecule has 0 fully saturated rings. The summed E-state index contributed by atoms with van der Waals surface area (Å²) in [6.45, 7) is 2.24. The largest absolute Gasteiger partial charge is 0.489 e. The predicted octanol–water partition coefficient (Wildman–Crippen LogP) is 3.78. The van der Waals surface area contributed by atoms with Crippen LogP contribution in [0, 0.1) is 5.92 Å². The number of ether oxygens (including phenoxy) is 1. The Hall–Kier alpha value is -2.13. The van der Waals surface area contributed by atoms with Crippen molar-refractivity contribution in [3.63, 3.8) is 0 Å². The highest BCUT2D eigenvalue weighted by atomic mass is 16.5. The van der Waals surface area contributed by atoms with Crippen LogP contribution in [-0.4, -0.2) is 17.0 Å². The summed E-state index contributed by atoms with van der Waals surface area (Å²) in [6, 6.07) is 15.7. The van der Waals surface area contributed by atoms with Crippen molar-refractivity contribution in [1.82, 2.24) is 0 Å². The van der Waals surface area contributed by atoms with E-state index in [9.17, 15) is 9.90 Å². The Bertz CT molecular complexity index is 677. The summed E-state index contributed by atoms with van der Waals surface area (Å²) in [5.41, 5.74) is 2.88. The molecule has 0 saturated carbocycles. The Morgan fingerprint density at radius 3 is 2.70 bits per heavy atom. The van der Waals surface area contributed by atoms with E-state index in [1.54, 1.807) is 6.92 Å². The van der Waals surface area contributed by atoms with Gasteiger partial charge in [-0.05, 0) is 37.8 Å². The quantitative estimate of drug-likeness (QED) is 0.914. The minimum atomic E-state index is -0.442. The van der Waals surface area contributed by atoms with Crippen molar-refractivity contribution in [2.75, 3.05) is 0 Å². The van der Waals surface area contributed by atoms with Crippen LogP contribution in [0.3, 0.4) is 0 Å². The molecule has 0 heterocycles. The zero-order valence-electron chi connectivity index (χ0n) is 13.4. The molecule has 0 radical (unpaired) electrons. The molecule has 1 aliphatic carbocycles. The zero-order chi connectivity index (χ0) is 16.2. The minimum absolute atomic E-state index is 0.0770. The van der Waals surface area contributed by atoms with Crippen LogP contribution in [0.15, 0.2) is 48.5 Å². The number of hydrogen-bond acceptors (Lipinski definition) is 3. The number of carbonyl (C=O) groups is 1. The van der Waals surface area contributed by atoms with Crippen LogP contribution in [0.2, 0.25) is 0 Å². The van der Waals surface area contributed by atoms with Gasteiger partial charge >= 0.3 is 0 Å². The molecule has 120 valence electrons. The van der Waals surface area contributed by atoms with E-state index in [1.165, 1.54) is 0 Å². The molecule has 23 heavy (non-hydrogen) atoms. The van der Waals surface area contributed by atoms with Gasteiger partial charge in [0.2, 0.25) is 0 Å². The second-order valence-corrected chi connectivity index (χ2v) is 6.24. The molecule has 0 aliphatic heterocycles. The lowest BCUT2D eigenvalue weighted by Crippen LogP contribution is -2.26. The summed E-state index contributed by atoms with van der Waals surface area (Å²) in [5, 5.41) is 9.56. The van der Waals surface area contributed by atoms with E-state index in [-0.39, 0.29) is 11.7 Å². The average molecular weight is 310 g/mol. The molecule has 2 aromatic rings. The van der Waals surface area contributed by atoms with Gasteiger partial charge < -0.3 is 9.84 Å². The second-order valence-electron chi connectivity index (χ2n) is 6.24. The van der Waals surface area contributed by atoms with Gasteiger partial charge in [0.25, 0.3) is 0 Å². The van der Waals surface area contributed by atoms with Crippen LogP contribution in [0.5, 0.6) is 5.75 Å². The summed E-state index contributed by atoms with van der Waals surface area (Å²) in [5.74, 6) is 0.861. The maximum Gasteiger partial charge on any atom is 0.166 e. The predicted molar refractivity (Wildman–Crippen MR) is 89.7 cm³/mol. The molecule has 1 N–H and O–H groups in total. The topological polar surface area (TPSA) is 46.5 Å². The Labute approximate surface area is 136 Å². The van der Waals surface area contributed by atoms with Crippen molar-refractivity contribution in [1.29, 1.82) is 0 Å². The molecule has 0 amide bonds. The van der Waals surface area contributed by atoms with Crippen LogP contribution >= 0.6 is 0 Å². The third-order valence-corrected chi connectivity index (χ3v) is 4.37. The first kappa shape index (κ1) is 15.8. The van der Waals surface area contributed by atoms with Gasteiger partial charge in [0.15, 0.2) is 5.78 Å². The lowest BCUT2D eigenvalue weighted by Gasteiger charge is -2.25. The van der Waals surface area contributed by atoms with E-state index >= 15 is 0 Å². The number of aliphatic hydroxyl groups is 1. The number of Topliss-reactive ketones (excluding diaryl/α,β-unsaturated/α-hetero) is 1. The Kier molecular flexibility index (Phi) is 4.77. The van der Waals surface area contributed by atoms with Crippen molar-refractivity contribution in [2.24, 2.45) is 5.92 Å². The lowest BCUT2D eigenvalue weighted by atomic mass is 9.80. The van der Waals surface area contributed by atoms with Crippen LogP contribution in [0.1, 0.15) is 41.3 Å². The van der Waals surface area contributed by atoms with Crippen molar-refractivity contribution >= 4 is 5.78 Å². The zero-order valence-corrected chi connectivity index (χ0v) is 13.4. The van der Waals surface area contributed by atoms with Crippen molar-refractivity contribution < 1.29 is 14.6 Å². The fourth-order valence-electron chi connectivity index (χ4n) is 3.23. The van der Waals surface area contributed by atoms with Crippen LogP contribution in [0.25, 0.3) is 0 Å². The number of carbonyl (C=O) groups excluding carboxylic acids is 1. The summed E-state index contributed by atoms with van der Waals surface area (Å²) < 4.78 is 5.95. The van der Waals surface area contributed by atoms with Gasteiger partial charge in [-0.1, -0.05) is 42.5 Å². The molecule has 2 atom stereocenters. The fraction of sp³-hybridized carbons (Fsp3) is 0.350. The lowest BCUT2D eigenvalue weighted by molar-refractivity contribution is 0.0826. The first-order chi connectivity index (χ1) is 11.1. The van der Waals surface area contributed by atoms with Crippen molar-refractivity contribution in [2.45, 2.75) is 38.9 Å². The van der Waals surface area contributed by atoms with Gasteiger partial charge in [-0.15, -0.1) is 0 Å². The molecule has 3 rings (SSSR count). The van der Waals surface area contributed by atoms with Gasteiger partial charge in [-0.2, -0.15) is 0 Å².